The van der Waals surface area contributed by atoms with Crippen LogP contribution in [-0.2, 0) is 14.4 Å². The minimum atomic E-state index is -0.383. The number of ether oxygens (including phenoxy) is 3. The van der Waals surface area contributed by atoms with Crippen LogP contribution in [0.1, 0.15) is 50.8 Å². The lowest BCUT2D eigenvalue weighted by atomic mass is 9.88. The molecule has 0 spiro atoms. The maximum atomic E-state index is 11.3. The van der Waals surface area contributed by atoms with Crippen LogP contribution in [0.15, 0.2) is 72.8 Å². The molecule has 0 amide bonds. The summed E-state index contributed by atoms with van der Waals surface area (Å²) in [6.45, 7) is 6.15. The van der Waals surface area contributed by atoms with Crippen molar-refractivity contribution in [3.8, 4) is 17.2 Å². The molecule has 0 bridgehead atoms. The molecule has 3 aromatic rings. The molecule has 0 aliphatic carbocycles. The lowest BCUT2D eigenvalue weighted by Crippen LogP contribution is -2.02. The number of esters is 3. The molecule has 0 unspecified atom stereocenters. The molecule has 0 aliphatic rings. The molecule has 0 atom stereocenters. The van der Waals surface area contributed by atoms with Crippen LogP contribution < -0.4 is 14.2 Å². The predicted octanol–water partition coefficient (Wildman–Crippen LogP) is 5.83. The molecule has 3 rings (SSSR count). The van der Waals surface area contributed by atoms with E-state index in [0.29, 0.717) is 17.2 Å². The molecule has 0 heterocycles. The van der Waals surface area contributed by atoms with E-state index < -0.39 is 0 Å². The van der Waals surface area contributed by atoms with E-state index in [0.717, 1.165) is 34.3 Å². The topological polar surface area (TPSA) is 78.9 Å². The molecule has 6 heteroatoms. The van der Waals surface area contributed by atoms with Gasteiger partial charge in [0.1, 0.15) is 17.2 Å². The largest absolute Gasteiger partial charge is 0.427 e. The lowest BCUT2D eigenvalue weighted by molar-refractivity contribution is -0.132. The van der Waals surface area contributed by atoms with E-state index in [1.165, 1.54) is 20.8 Å². The standard InChI is InChI=1S/C28H26O6/c1-5-27(21-6-12-24(13-7-21)32-18(2)29)28(22-8-14-25(15-9-22)33-19(3)30)23-10-16-26(17-11-23)34-20(4)31/h6-17H,5H2,1-4H3. The second-order valence-electron chi connectivity index (χ2n) is 7.56. The third kappa shape index (κ3) is 6.42. The van der Waals surface area contributed by atoms with Gasteiger partial charge in [-0.3, -0.25) is 14.4 Å². The highest BCUT2D eigenvalue weighted by atomic mass is 16.5. The Labute approximate surface area is 198 Å². The van der Waals surface area contributed by atoms with Gasteiger partial charge in [-0.25, -0.2) is 0 Å². The molecule has 6 nitrogen and oxygen atoms in total. The summed E-state index contributed by atoms with van der Waals surface area (Å²) in [5.41, 5.74) is 4.87. The van der Waals surface area contributed by atoms with E-state index in [1.54, 1.807) is 36.4 Å². The van der Waals surface area contributed by atoms with Crippen LogP contribution in [0.5, 0.6) is 17.2 Å². The van der Waals surface area contributed by atoms with Crippen molar-refractivity contribution in [2.75, 3.05) is 0 Å². The van der Waals surface area contributed by atoms with E-state index in [9.17, 15) is 14.4 Å². The third-order valence-corrected chi connectivity index (χ3v) is 4.93. The van der Waals surface area contributed by atoms with E-state index in [-0.39, 0.29) is 17.9 Å². The summed E-state index contributed by atoms with van der Waals surface area (Å²) in [6, 6.07) is 22.0. The van der Waals surface area contributed by atoms with Gasteiger partial charge in [-0.2, -0.15) is 0 Å². The Morgan fingerprint density at radius 2 is 0.824 bits per heavy atom. The first-order valence-electron chi connectivity index (χ1n) is 10.9. The Hall–Kier alpha value is -4.19. The highest BCUT2D eigenvalue weighted by molar-refractivity contribution is 5.98. The first-order chi connectivity index (χ1) is 16.3. The van der Waals surface area contributed by atoms with Crippen molar-refractivity contribution in [3.63, 3.8) is 0 Å². The van der Waals surface area contributed by atoms with Gasteiger partial charge < -0.3 is 14.2 Å². The Kier molecular flexibility index (Phi) is 7.98. The van der Waals surface area contributed by atoms with Crippen molar-refractivity contribution >= 4 is 29.1 Å². The van der Waals surface area contributed by atoms with Gasteiger partial charge in [-0.15, -0.1) is 0 Å². The molecule has 0 fully saturated rings. The number of rotatable bonds is 7. The van der Waals surface area contributed by atoms with Gasteiger partial charge in [0.05, 0.1) is 0 Å². The average Bonchev–Trinajstić information content (AvgIpc) is 2.78. The summed E-state index contributed by atoms with van der Waals surface area (Å²) in [4.78, 5) is 33.9. The zero-order chi connectivity index (χ0) is 24.7. The molecule has 0 saturated heterocycles. The molecule has 34 heavy (non-hydrogen) atoms. The van der Waals surface area contributed by atoms with E-state index in [2.05, 4.69) is 6.92 Å². The molecular formula is C28H26O6. The van der Waals surface area contributed by atoms with Gasteiger partial charge in [0, 0.05) is 20.8 Å². The van der Waals surface area contributed by atoms with Crippen LogP contribution in [0.2, 0.25) is 0 Å². The highest BCUT2D eigenvalue weighted by Gasteiger charge is 2.14. The summed E-state index contributed by atoms with van der Waals surface area (Å²) in [5.74, 6) is 0.262. The van der Waals surface area contributed by atoms with Crippen molar-refractivity contribution in [1.82, 2.24) is 0 Å². The fourth-order valence-electron chi connectivity index (χ4n) is 3.64. The molecule has 0 radical (unpaired) electrons. The molecular weight excluding hydrogens is 432 g/mol. The van der Waals surface area contributed by atoms with Crippen LogP contribution in [0.25, 0.3) is 11.1 Å². The molecule has 0 N–H and O–H groups in total. The number of allylic oxidation sites excluding steroid dienone is 1. The predicted molar refractivity (Wildman–Crippen MR) is 129 cm³/mol. The van der Waals surface area contributed by atoms with Crippen molar-refractivity contribution in [2.24, 2.45) is 0 Å². The van der Waals surface area contributed by atoms with Crippen molar-refractivity contribution in [3.05, 3.63) is 89.5 Å². The van der Waals surface area contributed by atoms with Crippen molar-refractivity contribution in [1.29, 1.82) is 0 Å². The second-order valence-corrected chi connectivity index (χ2v) is 7.56. The van der Waals surface area contributed by atoms with Gasteiger partial charge in [0.25, 0.3) is 0 Å². The molecule has 3 aromatic carbocycles. The van der Waals surface area contributed by atoms with Gasteiger partial charge in [-0.1, -0.05) is 43.3 Å². The summed E-state index contributed by atoms with van der Waals surface area (Å²) in [7, 11) is 0. The first-order valence-corrected chi connectivity index (χ1v) is 10.9. The first kappa shape index (κ1) is 24.5. The number of hydrogen-bond donors (Lipinski definition) is 0. The Morgan fingerprint density at radius 3 is 1.09 bits per heavy atom. The maximum Gasteiger partial charge on any atom is 0.308 e. The summed E-state index contributed by atoms with van der Waals surface area (Å²) in [5, 5.41) is 0. The number of carbonyl (C=O) groups excluding carboxylic acids is 3. The smallest absolute Gasteiger partial charge is 0.308 e. The molecule has 0 aliphatic heterocycles. The average molecular weight is 459 g/mol. The van der Waals surface area contributed by atoms with Crippen LogP contribution in [0.3, 0.4) is 0 Å². The zero-order valence-corrected chi connectivity index (χ0v) is 19.6. The Balaban J connectivity index is 2.12. The van der Waals surface area contributed by atoms with E-state index in [4.69, 9.17) is 14.2 Å². The van der Waals surface area contributed by atoms with E-state index in [1.807, 2.05) is 36.4 Å². The quantitative estimate of drug-likeness (QED) is 0.252. The van der Waals surface area contributed by atoms with Crippen LogP contribution in [0.4, 0.5) is 0 Å². The normalized spacial score (nSPS) is 10.2. The number of hydrogen-bond acceptors (Lipinski definition) is 6. The Bertz CT molecular complexity index is 1140. The van der Waals surface area contributed by atoms with Gasteiger partial charge in [0.15, 0.2) is 0 Å². The second kappa shape index (κ2) is 11.1. The minimum absolute atomic E-state index is 0.375. The zero-order valence-electron chi connectivity index (χ0n) is 19.6. The lowest BCUT2D eigenvalue weighted by Gasteiger charge is -2.17. The van der Waals surface area contributed by atoms with Gasteiger partial charge >= 0.3 is 17.9 Å². The summed E-state index contributed by atoms with van der Waals surface area (Å²) < 4.78 is 15.5. The fraction of sp³-hybridized carbons (Fsp3) is 0.179. The third-order valence-electron chi connectivity index (χ3n) is 4.93. The van der Waals surface area contributed by atoms with Crippen molar-refractivity contribution < 1.29 is 28.6 Å². The van der Waals surface area contributed by atoms with Gasteiger partial charge in [0.2, 0.25) is 0 Å². The SMILES string of the molecule is CCC(=C(c1ccc(OC(C)=O)cc1)c1ccc(OC(C)=O)cc1)c1ccc(OC(C)=O)cc1. The highest BCUT2D eigenvalue weighted by Crippen LogP contribution is 2.36. The Morgan fingerprint density at radius 1 is 0.529 bits per heavy atom. The fourth-order valence-corrected chi connectivity index (χ4v) is 3.64. The number of carbonyl (C=O) groups is 3. The van der Waals surface area contributed by atoms with Crippen LogP contribution in [-0.4, -0.2) is 17.9 Å². The molecule has 0 saturated carbocycles. The number of benzene rings is 3. The maximum absolute atomic E-state index is 11.3. The monoisotopic (exact) mass is 458 g/mol. The van der Waals surface area contributed by atoms with E-state index >= 15 is 0 Å². The summed E-state index contributed by atoms with van der Waals surface area (Å²) >= 11 is 0. The molecule has 174 valence electrons. The van der Waals surface area contributed by atoms with Crippen LogP contribution >= 0.6 is 0 Å². The van der Waals surface area contributed by atoms with Crippen LogP contribution in [0, 0.1) is 0 Å². The minimum Gasteiger partial charge on any atom is -0.427 e. The summed E-state index contributed by atoms with van der Waals surface area (Å²) in [6.07, 6.45) is 0.722. The van der Waals surface area contributed by atoms with Gasteiger partial charge in [-0.05, 0) is 70.7 Å². The molecule has 0 aromatic heterocycles. The van der Waals surface area contributed by atoms with Crippen molar-refractivity contribution in [2.45, 2.75) is 34.1 Å².